The van der Waals surface area contributed by atoms with Gasteiger partial charge in [-0.05, 0) is 42.5 Å². The molecular weight excluding hydrogens is 527 g/mol. The number of aliphatic hydroxyl groups is 1. The zero-order chi connectivity index (χ0) is 28.8. The van der Waals surface area contributed by atoms with Crippen LogP contribution in [0.2, 0.25) is 0 Å². The number of nitrogens with one attached hydrogen (secondary N) is 2. The minimum atomic E-state index is -1.49. The molecule has 3 atom stereocenters. The number of alkyl halides is 1. The topological polar surface area (TPSA) is 140 Å². The van der Waals surface area contributed by atoms with E-state index in [0.29, 0.717) is 17.3 Å². The van der Waals surface area contributed by atoms with Crippen molar-refractivity contribution in [3.05, 3.63) is 67.0 Å². The van der Waals surface area contributed by atoms with Gasteiger partial charge in [0.2, 0.25) is 5.95 Å². The third-order valence-electron chi connectivity index (χ3n) is 7.08. The Morgan fingerprint density at radius 2 is 2.00 bits per heavy atom. The molecule has 2 fully saturated rings. The van der Waals surface area contributed by atoms with Crippen LogP contribution >= 0.6 is 0 Å². The summed E-state index contributed by atoms with van der Waals surface area (Å²) in [5.74, 6) is 0.347. The number of benzene rings is 2. The maximum Gasteiger partial charge on any atom is 0.255 e. The maximum atomic E-state index is 14.9. The van der Waals surface area contributed by atoms with Gasteiger partial charge in [0, 0.05) is 56.1 Å². The Kier molecular flexibility index (Phi) is 8.67. The Labute approximate surface area is 237 Å². The van der Waals surface area contributed by atoms with Crippen LogP contribution in [0.4, 0.5) is 21.7 Å². The van der Waals surface area contributed by atoms with E-state index in [-0.39, 0.29) is 30.8 Å². The number of amides is 1. The number of carbonyl (C=O) groups is 1. The summed E-state index contributed by atoms with van der Waals surface area (Å²) in [5.41, 5.74) is 2.76. The van der Waals surface area contributed by atoms with Crippen molar-refractivity contribution in [3.63, 3.8) is 0 Å². The first-order chi connectivity index (χ1) is 19.9. The van der Waals surface area contributed by atoms with Crippen molar-refractivity contribution >= 4 is 23.2 Å². The standard InChI is InChI=1S/C29H31FN8O3/c1-2-24(39)28(40)38-12-9-26(23(30)17-38)41-25-8-3-19(15-20(25)16-31)27-33-18-34-29(36-27)35-21-4-6-22(7-5-21)37-13-10-32-11-14-37/h2-8,15,18,23-24,26,32,39H,1,9-14,17H2,(H,33,34,35,36)/t23-,24+,26+/m1/s1. The van der Waals surface area contributed by atoms with Gasteiger partial charge in [-0.1, -0.05) is 12.7 Å². The number of nitrogens with zero attached hydrogens (tertiary/aromatic N) is 6. The largest absolute Gasteiger partial charge is 0.486 e. The second kappa shape index (κ2) is 12.7. The summed E-state index contributed by atoms with van der Waals surface area (Å²) < 4.78 is 20.7. The molecule has 0 radical (unpaired) electrons. The summed E-state index contributed by atoms with van der Waals surface area (Å²) in [5, 5.41) is 26.0. The lowest BCUT2D eigenvalue weighted by atomic mass is 10.0. The molecule has 0 bridgehead atoms. The number of carbonyl (C=O) groups excluding carboxylic acids is 1. The molecule has 41 heavy (non-hydrogen) atoms. The van der Waals surface area contributed by atoms with E-state index in [1.54, 1.807) is 18.2 Å². The molecule has 212 valence electrons. The van der Waals surface area contributed by atoms with Gasteiger partial charge in [0.15, 0.2) is 18.1 Å². The predicted molar refractivity (Wildman–Crippen MR) is 151 cm³/mol. The fourth-order valence-electron chi connectivity index (χ4n) is 4.83. The average Bonchev–Trinajstić information content (AvgIpc) is 3.02. The van der Waals surface area contributed by atoms with E-state index in [2.05, 4.69) is 55.3 Å². The first-order valence-electron chi connectivity index (χ1n) is 13.4. The Morgan fingerprint density at radius 3 is 2.71 bits per heavy atom. The molecule has 3 heterocycles. The number of anilines is 3. The third-order valence-corrected chi connectivity index (χ3v) is 7.08. The molecule has 11 nitrogen and oxygen atoms in total. The number of ether oxygens (including phenoxy) is 1. The number of hydrogen-bond donors (Lipinski definition) is 3. The molecule has 0 spiro atoms. The minimum Gasteiger partial charge on any atom is -0.486 e. The number of likely N-dealkylation sites (tertiary alicyclic amines) is 1. The number of aromatic nitrogens is 3. The van der Waals surface area contributed by atoms with Gasteiger partial charge >= 0.3 is 0 Å². The second-order valence-electron chi connectivity index (χ2n) is 9.79. The van der Waals surface area contributed by atoms with Crippen LogP contribution < -0.4 is 20.3 Å². The summed E-state index contributed by atoms with van der Waals surface area (Å²) in [6.07, 6.45) is -0.991. The molecule has 3 aromatic rings. The van der Waals surface area contributed by atoms with E-state index in [0.717, 1.165) is 43.6 Å². The van der Waals surface area contributed by atoms with Crippen molar-refractivity contribution in [3.8, 4) is 23.2 Å². The molecule has 2 aromatic carbocycles. The first-order valence-corrected chi connectivity index (χ1v) is 13.4. The molecule has 3 N–H and O–H groups in total. The number of halogens is 1. The molecule has 0 unspecified atom stereocenters. The van der Waals surface area contributed by atoms with Gasteiger partial charge in [0.25, 0.3) is 5.91 Å². The van der Waals surface area contributed by atoms with Crippen molar-refractivity contribution < 1.29 is 19.0 Å². The summed E-state index contributed by atoms with van der Waals surface area (Å²) in [4.78, 5) is 28.7. The quantitative estimate of drug-likeness (QED) is 0.353. The lowest BCUT2D eigenvalue weighted by Crippen LogP contribution is -2.51. The van der Waals surface area contributed by atoms with E-state index in [9.17, 15) is 19.6 Å². The molecule has 2 aliphatic rings. The Balaban J connectivity index is 1.24. The molecule has 2 aliphatic heterocycles. The van der Waals surface area contributed by atoms with E-state index < -0.39 is 24.3 Å². The van der Waals surface area contributed by atoms with Gasteiger partial charge in [-0.2, -0.15) is 10.2 Å². The van der Waals surface area contributed by atoms with Gasteiger partial charge in [0.1, 0.15) is 24.3 Å². The Hall–Kier alpha value is -4.60. The van der Waals surface area contributed by atoms with Gasteiger partial charge < -0.3 is 30.3 Å². The van der Waals surface area contributed by atoms with Crippen molar-refractivity contribution in [2.75, 3.05) is 49.5 Å². The average molecular weight is 559 g/mol. The third kappa shape index (κ3) is 6.59. The monoisotopic (exact) mass is 558 g/mol. The highest BCUT2D eigenvalue weighted by Gasteiger charge is 2.34. The molecule has 0 aliphatic carbocycles. The lowest BCUT2D eigenvalue weighted by Gasteiger charge is -2.35. The van der Waals surface area contributed by atoms with Gasteiger partial charge in [-0.25, -0.2) is 14.4 Å². The van der Waals surface area contributed by atoms with Gasteiger partial charge in [0.05, 0.1) is 12.1 Å². The Bertz CT molecular complexity index is 1420. The minimum absolute atomic E-state index is 0.203. The predicted octanol–water partition coefficient (Wildman–Crippen LogP) is 2.43. The van der Waals surface area contributed by atoms with Crippen molar-refractivity contribution in [1.29, 1.82) is 5.26 Å². The van der Waals surface area contributed by atoms with Crippen LogP contribution in [-0.2, 0) is 4.79 Å². The summed E-state index contributed by atoms with van der Waals surface area (Å²) in [6, 6.07) is 15.0. The van der Waals surface area contributed by atoms with E-state index in [4.69, 9.17) is 4.74 Å². The SMILES string of the molecule is C=C[C@H](O)C(=O)N1CC[C@H](Oc2ccc(-c3ncnc(Nc4ccc(N5CCNCC5)cc4)n3)cc2C#N)[C@H](F)C1. The molecule has 0 saturated carbocycles. The highest BCUT2D eigenvalue weighted by atomic mass is 19.1. The number of hydrogen-bond acceptors (Lipinski definition) is 10. The maximum absolute atomic E-state index is 14.9. The summed E-state index contributed by atoms with van der Waals surface area (Å²) >= 11 is 0. The number of piperidine rings is 1. The van der Waals surface area contributed by atoms with Crippen LogP contribution in [0.5, 0.6) is 5.75 Å². The van der Waals surface area contributed by atoms with E-state index in [1.165, 1.54) is 11.2 Å². The van der Waals surface area contributed by atoms with Crippen LogP contribution in [0.1, 0.15) is 12.0 Å². The highest BCUT2D eigenvalue weighted by molar-refractivity contribution is 5.82. The number of piperazine rings is 1. The second-order valence-corrected chi connectivity index (χ2v) is 9.79. The zero-order valence-corrected chi connectivity index (χ0v) is 22.4. The number of aliphatic hydroxyl groups excluding tert-OH is 1. The van der Waals surface area contributed by atoms with E-state index >= 15 is 0 Å². The van der Waals surface area contributed by atoms with Gasteiger partial charge in [-0.3, -0.25) is 4.79 Å². The molecule has 5 rings (SSSR count). The van der Waals surface area contributed by atoms with Crippen LogP contribution in [-0.4, -0.2) is 88.5 Å². The Morgan fingerprint density at radius 1 is 1.22 bits per heavy atom. The first kappa shape index (κ1) is 27.9. The van der Waals surface area contributed by atoms with Crippen LogP contribution in [0.3, 0.4) is 0 Å². The molecule has 12 heteroatoms. The summed E-state index contributed by atoms with van der Waals surface area (Å²) in [6.45, 7) is 7.26. The van der Waals surface area contributed by atoms with Crippen molar-refractivity contribution in [2.45, 2.75) is 24.8 Å². The van der Waals surface area contributed by atoms with Crippen LogP contribution in [0.15, 0.2) is 61.4 Å². The molecule has 1 amide bonds. The lowest BCUT2D eigenvalue weighted by molar-refractivity contribution is -0.141. The summed E-state index contributed by atoms with van der Waals surface area (Å²) in [7, 11) is 0. The van der Waals surface area contributed by atoms with Crippen molar-refractivity contribution in [2.24, 2.45) is 0 Å². The van der Waals surface area contributed by atoms with Crippen LogP contribution in [0.25, 0.3) is 11.4 Å². The van der Waals surface area contributed by atoms with E-state index in [1.807, 2.05) is 12.1 Å². The number of rotatable bonds is 8. The smallest absolute Gasteiger partial charge is 0.255 e. The fourth-order valence-corrected chi connectivity index (χ4v) is 4.83. The molecule has 2 saturated heterocycles. The van der Waals surface area contributed by atoms with Gasteiger partial charge in [-0.15, -0.1) is 0 Å². The fraction of sp³-hybridized carbons (Fsp3) is 0.345. The molecular formula is C29H31FN8O3. The normalized spacial score (nSPS) is 19.6. The number of nitriles is 1. The van der Waals surface area contributed by atoms with Crippen LogP contribution in [0, 0.1) is 11.3 Å². The highest BCUT2D eigenvalue weighted by Crippen LogP contribution is 2.29. The van der Waals surface area contributed by atoms with Crippen molar-refractivity contribution in [1.82, 2.24) is 25.2 Å². The zero-order valence-electron chi connectivity index (χ0n) is 22.4. The molecule has 1 aromatic heterocycles.